The number of methoxy groups -OCH3 is 1. The normalized spacial score (nSPS) is 21.0. The minimum atomic E-state index is -0.542. The second-order valence-electron chi connectivity index (χ2n) is 5.24. The van der Waals surface area contributed by atoms with E-state index in [4.69, 9.17) is 0 Å². The number of piperidine rings is 1. The maximum absolute atomic E-state index is 12.4. The van der Waals surface area contributed by atoms with Gasteiger partial charge in [0.1, 0.15) is 0 Å². The monoisotopic (exact) mass is 312 g/mol. The average Bonchev–Trinajstić information content (AvgIpc) is 2.47. The van der Waals surface area contributed by atoms with Gasteiger partial charge in [-0.15, -0.1) is 12.4 Å². The van der Waals surface area contributed by atoms with Crippen molar-refractivity contribution >= 4 is 30.0 Å². The Labute approximate surface area is 130 Å². The van der Waals surface area contributed by atoms with Crippen LogP contribution < -0.4 is 10.6 Å². The van der Waals surface area contributed by atoms with Crippen molar-refractivity contribution in [2.75, 3.05) is 19.0 Å². The van der Waals surface area contributed by atoms with Crippen LogP contribution in [0.25, 0.3) is 0 Å². The molecule has 0 bridgehead atoms. The topological polar surface area (TPSA) is 67.4 Å². The lowest BCUT2D eigenvalue weighted by atomic mass is 9.90. The average molecular weight is 313 g/mol. The second-order valence-corrected chi connectivity index (χ2v) is 5.24. The smallest absolute Gasteiger partial charge is 0.337 e. The highest BCUT2D eigenvalue weighted by atomic mass is 35.5. The van der Waals surface area contributed by atoms with E-state index in [0.717, 1.165) is 25.8 Å². The Morgan fingerprint density at radius 3 is 2.71 bits per heavy atom. The first-order valence-corrected chi connectivity index (χ1v) is 6.80. The molecule has 1 aromatic carbocycles. The molecule has 116 valence electrons. The minimum Gasteiger partial charge on any atom is -0.465 e. The first-order valence-electron chi connectivity index (χ1n) is 6.80. The Bertz CT molecular complexity index is 513. The molecule has 2 rings (SSSR count). The van der Waals surface area contributed by atoms with Gasteiger partial charge >= 0.3 is 5.97 Å². The van der Waals surface area contributed by atoms with Crippen LogP contribution in [0.15, 0.2) is 24.3 Å². The fraction of sp³-hybridized carbons (Fsp3) is 0.467. The van der Waals surface area contributed by atoms with Gasteiger partial charge < -0.3 is 15.4 Å². The number of halogens is 1. The molecule has 1 atom stereocenters. The number of nitrogens with one attached hydrogen (secondary N) is 2. The highest BCUT2D eigenvalue weighted by Gasteiger charge is 2.34. The zero-order valence-electron chi connectivity index (χ0n) is 12.3. The van der Waals surface area contributed by atoms with Crippen molar-refractivity contribution < 1.29 is 14.3 Å². The van der Waals surface area contributed by atoms with Gasteiger partial charge in [0.25, 0.3) is 0 Å². The lowest BCUT2D eigenvalue weighted by Crippen LogP contribution is -2.54. The number of amides is 1. The fourth-order valence-corrected chi connectivity index (χ4v) is 2.36. The third-order valence-electron chi connectivity index (χ3n) is 3.66. The summed E-state index contributed by atoms with van der Waals surface area (Å²) in [6, 6.07) is 6.76. The molecule has 0 aliphatic carbocycles. The Hall–Kier alpha value is -1.59. The summed E-state index contributed by atoms with van der Waals surface area (Å²) in [7, 11) is 1.33. The van der Waals surface area contributed by atoms with Crippen LogP contribution in [-0.2, 0) is 9.53 Å². The molecule has 1 fully saturated rings. The number of ether oxygens (including phenoxy) is 1. The molecule has 1 aliphatic heterocycles. The molecule has 5 nitrogen and oxygen atoms in total. The molecule has 21 heavy (non-hydrogen) atoms. The fourth-order valence-electron chi connectivity index (χ4n) is 2.36. The number of carbonyl (C=O) groups is 2. The minimum absolute atomic E-state index is 0. The molecule has 1 aliphatic rings. The zero-order chi connectivity index (χ0) is 14.6. The van der Waals surface area contributed by atoms with Crippen molar-refractivity contribution in [3.63, 3.8) is 0 Å². The number of benzene rings is 1. The van der Waals surface area contributed by atoms with E-state index in [0.29, 0.717) is 11.3 Å². The molecular weight excluding hydrogens is 292 g/mol. The number of esters is 1. The van der Waals surface area contributed by atoms with Crippen molar-refractivity contribution in [1.29, 1.82) is 0 Å². The Morgan fingerprint density at radius 2 is 2.10 bits per heavy atom. The second kappa shape index (κ2) is 7.43. The molecule has 1 aromatic rings. The zero-order valence-corrected chi connectivity index (χ0v) is 13.1. The van der Waals surface area contributed by atoms with Gasteiger partial charge in [0.2, 0.25) is 5.91 Å². The third kappa shape index (κ3) is 4.19. The number of hydrogen-bond acceptors (Lipinski definition) is 4. The van der Waals surface area contributed by atoms with Crippen LogP contribution in [0.1, 0.15) is 36.5 Å². The molecule has 2 N–H and O–H groups in total. The van der Waals surface area contributed by atoms with E-state index >= 15 is 0 Å². The van der Waals surface area contributed by atoms with Crippen molar-refractivity contribution in [3.05, 3.63) is 29.8 Å². The summed E-state index contributed by atoms with van der Waals surface area (Å²) in [5.41, 5.74) is 0.484. The van der Waals surface area contributed by atoms with E-state index in [2.05, 4.69) is 15.4 Å². The van der Waals surface area contributed by atoms with Crippen LogP contribution in [0.5, 0.6) is 0 Å². The van der Waals surface area contributed by atoms with Gasteiger partial charge in [-0.3, -0.25) is 4.79 Å². The Morgan fingerprint density at radius 1 is 1.33 bits per heavy atom. The quantitative estimate of drug-likeness (QED) is 0.841. The first kappa shape index (κ1) is 17.5. The summed E-state index contributed by atoms with van der Waals surface area (Å²) in [6.45, 7) is 2.76. The molecule has 0 radical (unpaired) electrons. The molecule has 0 aromatic heterocycles. The molecule has 1 amide bonds. The van der Waals surface area contributed by atoms with E-state index in [1.54, 1.807) is 24.3 Å². The van der Waals surface area contributed by atoms with Gasteiger partial charge in [-0.1, -0.05) is 6.07 Å². The van der Waals surface area contributed by atoms with Crippen LogP contribution in [0.3, 0.4) is 0 Å². The molecule has 6 heteroatoms. The van der Waals surface area contributed by atoms with Gasteiger partial charge in [0.05, 0.1) is 18.2 Å². The number of carbonyl (C=O) groups excluding carboxylic acids is 2. The van der Waals surface area contributed by atoms with E-state index in [1.807, 2.05) is 6.92 Å². The van der Waals surface area contributed by atoms with Gasteiger partial charge in [-0.05, 0) is 50.9 Å². The highest BCUT2D eigenvalue weighted by molar-refractivity contribution is 5.99. The third-order valence-corrected chi connectivity index (χ3v) is 3.66. The van der Waals surface area contributed by atoms with E-state index in [9.17, 15) is 9.59 Å². The maximum atomic E-state index is 12.4. The first-order chi connectivity index (χ1) is 9.55. The Kier molecular flexibility index (Phi) is 6.18. The molecule has 0 spiro atoms. The predicted molar refractivity (Wildman–Crippen MR) is 83.9 cm³/mol. The Balaban J connectivity index is 0.00000220. The summed E-state index contributed by atoms with van der Waals surface area (Å²) in [5, 5.41) is 6.12. The van der Waals surface area contributed by atoms with Crippen LogP contribution in [0.4, 0.5) is 5.69 Å². The van der Waals surface area contributed by atoms with Gasteiger partial charge in [0, 0.05) is 5.69 Å². The summed E-state index contributed by atoms with van der Waals surface area (Å²) in [5.74, 6) is -0.484. The highest BCUT2D eigenvalue weighted by Crippen LogP contribution is 2.21. The van der Waals surface area contributed by atoms with Crippen molar-refractivity contribution in [3.8, 4) is 0 Å². The van der Waals surface area contributed by atoms with E-state index in [1.165, 1.54) is 7.11 Å². The number of rotatable bonds is 3. The van der Waals surface area contributed by atoms with Gasteiger partial charge in [-0.2, -0.15) is 0 Å². The summed E-state index contributed by atoms with van der Waals surface area (Å²) in [6.07, 6.45) is 2.95. The van der Waals surface area contributed by atoms with Crippen molar-refractivity contribution in [2.24, 2.45) is 0 Å². The van der Waals surface area contributed by atoms with Crippen LogP contribution >= 0.6 is 12.4 Å². The molecule has 1 heterocycles. The lowest BCUT2D eigenvalue weighted by Gasteiger charge is -2.33. The predicted octanol–water partition coefficient (Wildman–Crippen LogP) is 2.37. The summed E-state index contributed by atoms with van der Waals surface area (Å²) in [4.78, 5) is 23.8. The lowest BCUT2D eigenvalue weighted by molar-refractivity contribution is -0.122. The standard InChI is InChI=1S/C15H20N2O3.ClH/c1-15(8-3-4-9-16-15)14(19)17-12-7-5-6-11(10-12)13(18)20-2;/h5-7,10,16H,3-4,8-9H2,1-2H3,(H,17,19);1H. The molecule has 1 unspecified atom stereocenters. The van der Waals surface area contributed by atoms with Crippen LogP contribution in [0.2, 0.25) is 0 Å². The maximum Gasteiger partial charge on any atom is 0.337 e. The van der Waals surface area contributed by atoms with Crippen LogP contribution in [-0.4, -0.2) is 31.1 Å². The molecule has 0 saturated carbocycles. The summed E-state index contributed by atoms with van der Waals surface area (Å²) < 4.78 is 4.67. The molecular formula is C15H21ClN2O3. The van der Waals surface area contributed by atoms with Gasteiger partial charge in [-0.25, -0.2) is 4.79 Å². The summed E-state index contributed by atoms with van der Waals surface area (Å²) >= 11 is 0. The van der Waals surface area contributed by atoms with Gasteiger partial charge in [0.15, 0.2) is 0 Å². The molecule has 1 saturated heterocycles. The number of anilines is 1. The van der Waals surface area contributed by atoms with Crippen LogP contribution in [0, 0.1) is 0 Å². The van der Waals surface area contributed by atoms with Crippen molar-refractivity contribution in [1.82, 2.24) is 5.32 Å². The SMILES string of the molecule is COC(=O)c1cccc(NC(=O)C2(C)CCCCN2)c1.Cl. The largest absolute Gasteiger partial charge is 0.465 e. The van der Waals surface area contributed by atoms with E-state index in [-0.39, 0.29) is 18.3 Å². The number of hydrogen-bond donors (Lipinski definition) is 2. The van der Waals surface area contributed by atoms with Crippen molar-refractivity contribution in [2.45, 2.75) is 31.7 Å². The van der Waals surface area contributed by atoms with E-state index < -0.39 is 11.5 Å².